The van der Waals surface area contributed by atoms with Crippen LogP contribution in [0.2, 0.25) is 0 Å². The molecule has 0 spiro atoms. The molecule has 1 heterocycles. The first kappa shape index (κ1) is 24.0. The van der Waals surface area contributed by atoms with E-state index in [1.54, 1.807) is 35.6 Å². The molecule has 2 aromatic rings. The number of phenolic OH excluding ortho intramolecular Hbond substituents is 1. The molecule has 1 aromatic carbocycles. The maximum absolute atomic E-state index is 11.4. The zero-order valence-electron chi connectivity index (χ0n) is 16.8. The number of aldehydes is 1. The van der Waals surface area contributed by atoms with Gasteiger partial charge in [0, 0.05) is 29.2 Å². The Bertz CT molecular complexity index is 697. The number of amides is 1. The lowest BCUT2D eigenvalue weighted by molar-refractivity contribution is -0.107. The standard InChI is InChI=1S/C13H23NO2S2.C8H8O2/c1-18(2,3)11-9-16-13(15)14-8-4-6-12-7-5-10-17-12;9-6-5-7-3-1-2-4-8(7)10/h5,7,10H,4,6,8-9,11H2,1-3H3,(H,14,15);1-4,6,10H,5H2. The Balaban J connectivity index is 0.000000330. The molecule has 0 aliphatic carbocycles. The van der Waals surface area contributed by atoms with Gasteiger partial charge in [0.15, 0.2) is 0 Å². The van der Waals surface area contributed by atoms with E-state index in [9.17, 15) is 9.59 Å². The number of hydrogen-bond acceptors (Lipinski definition) is 5. The summed E-state index contributed by atoms with van der Waals surface area (Å²) < 4.78 is 5.13. The summed E-state index contributed by atoms with van der Waals surface area (Å²) in [4.78, 5) is 22.7. The zero-order chi connectivity index (χ0) is 20.8. The van der Waals surface area contributed by atoms with E-state index in [1.165, 1.54) is 4.88 Å². The van der Waals surface area contributed by atoms with Gasteiger partial charge in [-0.05, 0) is 49.1 Å². The molecule has 2 N–H and O–H groups in total. The molecule has 0 saturated carbocycles. The first-order valence-corrected chi connectivity index (χ1v) is 13.0. The number of carbonyl (C=O) groups is 2. The predicted octanol–water partition coefficient (Wildman–Crippen LogP) is 4.23. The van der Waals surface area contributed by atoms with E-state index in [2.05, 4.69) is 41.6 Å². The third-order valence-electron chi connectivity index (χ3n) is 3.67. The molecular formula is C21H31NO4S2. The number of benzene rings is 1. The number of rotatable bonds is 9. The van der Waals surface area contributed by atoms with Gasteiger partial charge in [0.2, 0.25) is 0 Å². The van der Waals surface area contributed by atoms with Crippen molar-refractivity contribution in [3.8, 4) is 5.75 Å². The van der Waals surface area contributed by atoms with Crippen LogP contribution in [-0.4, -0.2) is 55.2 Å². The van der Waals surface area contributed by atoms with Gasteiger partial charge in [-0.25, -0.2) is 14.8 Å². The highest BCUT2D eigenvalue weighted by atomic mass is 32.3. The molecule has 0 unspecified atom stereocenters. The van der Waals surface area contributed by atoms with Crippen LogP contribution in [0.4, 0.5) is 4.79 Å². The first-order chi connectivity index (χ1) is 13.3. The van der Waals surface area contributed by atoms with Crippen LogP contribution in [0.15, 0.2) is 41.8 Å². The van der Waals surface area contributed by atoms with Crippen LogP contribution < -0.4 is 5.32 Å². The molecule has 2 rings (SSSR count). The van der Waals surface area contributed by atoms with Crippen molar-refractivity contribution in [3.63, 3.8) is 0 Å². The van der Waals surface area contributed by atoms with Gasteiger partial charge in [-0.3, -0.25) is 0 Å². The van der Waals surface area contributed by atoms with E-state index in [1.807, 2.05) is 0 Å². The van der Waals surface area contributed by atoms with Crippen LogP contribution >= 0.6 is 21.4 Å². The van der Waals surface area contributed by atoms with Crippen LogP contribution in [0.1, 0.15) is 16.9 Å². The molecule has 1 amide bonds. The Hall–Kier alpha value is -1.99. The minimum atomic E-state index is -0.578. The molecule has 0 bridgehead atoms. The Morgan fingerprint density at radius 1 is 1.21 bits per heavy atom. The highest BCUT2D eigenvalue weighted by Crippen LogP contribution is 2.33. The number of hydrogen-bond donors (Lipinski definition) is 2. The van der Waals surface area contributed by atoms with Crippen LogP contribution in [0.25, 0.3) is 0 Å². The number of ether oxygens (including phenoxy) is 1. The first-order valence-electron chi connectivity index (χ1n) is 9.11. The van der Waals surface area contributed by atoms with Crippen LogP contribution in [0.5, 0.6) is 5.75 Å². The molecule has 0 saturated heterocycles. The number of carbonyl (C=O) groups excluding carboxylic acids is 2. The van der Waals surface area contributed by atoms with Gasteiger partial charge in [-0.2, -0.15) is 0 Å². The number of aromatic hydroxyl groups is 1. The third kappa shape index (κ3) is 11.7. The van der Waals surface area contributed by atoms with E-state index < -0.39 is 10.0 Å². The van der Waals surface area contributed by atoms with Crippen molar-refractivity contribution in [1.82, 2.24) is 5.32 Å². The van der Waals surface area contributed by atoms with Crippen molar-refractivity contribution < 1.29 is 19.4 Å². The van der Waals surface area contributed by atoms with Crippen molar-refractivity contribution in [1.29, 1.82) is 0 Å². The van der Waals surface area contributed by atoms with Crippen LogP contribution in [0.3, 0.4) is 0 Å². The maximum atomic E-state index is 11.4. The van der Waals surface area contributed by atoms with Crippen molar-refractivity contribution >= 4 is 33.7 Å². The van der Waals surface area contributed by atoms with E-state index in [-0.39, 0.29) is 18.3 Å². The van der Waals surface area contributed by atoms with Gasteiger partial charge in [-0.15, -0.1) is 11.3 Å². The topological polar surface area (TPSA) is 75.6 Å². The maximum Gasteiger partial charge on any atom is 0.407 e. The van der Waals surface area contributed by atoms with E-state index in [4.69, 9.17) is 9.84 Å². The van der Waals surface area contributed by atoms with Gasteiger partial charge < -0.3 is 20.0 Å². The average molecular weight is 426 g/mol. The van der Waals surface area contributed by atoms with Crippen molar-refractivity contribution in [3.05, 3.63) is 52.2 Å². The monoisotopic (exact) mass is 425 g/mol. The van der Waals surface area contributed by atoms with Gasteiger partial charge in [0.05, 0.1) is 0 Å². The van der Waals surface area contributed by atoms with E-state index in [0.29, 0.717) is 18.7 Å². The molecule has 28 heavy (non-hydrogen) atoms. The lowest BCUT2D eigenvalue weighted by atomic mass is 10.1. The number of nitrogens with one attached hydrogen (secondary N) is 1. The number of alkyl carbamates (subject to hydrolysis) is 1. The lowest BCUT2D eigenvalue weighted by Gasteiger charge is -2.24. The number of para-hydroxylation sites is 1. The van der Waals surface area contributed by atoms with Gasteiger partial charge in [0.25, 0.3) is 0 Å². The smallest absolute Gasteiger partial charge is 0.407 e. The largest absolute Gasteiger partial charge is 0.508 e. The lowest BCUT2D eigenvalue weighted by Crippen LogP contribution is -2.27. The molecule has 0 fully saturated rings. The molecule has 0 radical (unpaired) electrons. The van der Waals surface area contributed by atoms with Gasteiger partial charge in [0.1, 0.15) is 18.6 Å². The fourth-order valence-electron chi connectivity index (χ4n) is 2.12. The molecule has 0 atom stereocenters. The molecule has 156 valence electrons. The Labute approximate surface area is 173 Å². The SMILES string of the molecule is CS(C)(C)CCOC(=O)NCCCc1cccs1.O=CCc1ccccc1O. The summed E-state index contributed by atoms with van der Waals surface area (Å²) in [6.45, 7) is 1.20. The minimum absolute atomic E-state index is 0.189. The van der Waals surface area contributed by atoms with Gasteiger partial charge in [-0.1, -0.05) is 24.3 Å². The fraction of sp³-hybridized carbons (Fsp3) is 0.429. The zero-order valence-corrected chi connectivity index (χ0v) is 18.5. The quantitative estimate of drug-likeness (QED) is 0.466. The molecule has 0 aliphatic rings. The predicted molar refractivity (Wildman–Crippen MR) is 120 cm³/mol. The summed E-state index contributed by atoms with van der Waals surface area (Å²) in [6, 6.07) is 11.0. The summed E-state index contributed by atoms with van der Waals surface area (Å²) in [5.74, 6) is 1.16. The summed E-state index contributed by atoms with van der Waals surface area (Å²) in [7, 11) is -0.578. The van der Waals surface area contributed by atoms with Gasteiger partial charge >= 0.3 is 6.09 Å². The van der Waals surface area contributed by atoms with E-state index in [0.717, 1.165) is 24.9 Å². The van der Waals surface area contributed by atoms with Crippen molar-refractivity contribution in [2.45, 2.75) is 19.3 Å². The fourth-order valence-corrected chi connectivity index (χ4v) is 3.45. The Kier molecular flexibility index (Phi) is 11.4. The number of aryl methyl sites for hydroxylation is 1. The molecule has 0 aliphatic heterocycles. The van der Waals surface area contributed by atoms with Crippen LogP contribution in [-0.2, 0) is 22.4 Å². The highest BCUT2D eigenvalue weighted by Gasteiger charge is 2.06. The minimum Gasteiger partial charge on any atom is -0.508 e. The second-order valence-corrected chi connectivity index (χ2v) is 12.7. The Morgan fingerprint density at radius 2 is 1.96 bits per heavy atom. The second kappa shape index (κ2) is 13.2. The molecule has 7 heteroatoms. The number of thiophene rings is 1. The third-order valence-corrected chi connectivity index (χ3v) is 6.00. The number of phenols is 1. The van der Waals surface area contributed by atoms with Crippen LogP contribution in [0, 0.1) is 0 Å². The summed E-state index contributed by atoms with van der Waals surface area (Å²) in [5.41, 5.74) is 0.678. The normalized spacial score (nSPS) is 11.1. The van der Waals surface area contributed by atoms with Crippen molar-refractivity contribution in [2.75, 3.05) is 37.7 Å². The molecule has 1 aromatic heterocycles. The highest BCUT2D eigenvalue weighted by molar-refractivity contribution is 8.32. The summed E-state index contributed by atoms with van der Waals surface area (Å²) in [6.07, 6.45) is 9.40. The Morgan fingerprint density at radius 3 is 2.57 bits per heavy atom. The second-order valence-electron chi connectivity index (χ2n) is 7.04. The van der Waals surface area contributed by atoms with E-state index >= 15 is 0 Å². The average Bonchev–Trinajstić information content (AvgIpc) is 3.14. The molecule has 5 nitrogen and oxygen atoms in total. The van der Waals surface area contributed by atoms with Crippen molar-refractivity contribution in [2.24, 2.45) is 0 Å². The molecular weight excluding hydrogens is 394 g/mol. The summed E-state index contributed by atoms with van der Waals surface area (Å²) in [5, 5.41) is 13.9. The summed E-state index contributed by atoms with van der Waals surface area (Å²) >= 11 is 1.76.